The zero-order chi connectivity index (χ0) is 34.6. The second kappa shape index (κ2) is 12.4. The first-order valence-electron chi connectivity index (χ1n) is 16.5. The van der Waals surface area contributed by atoms with Gasteiger partial charge in [0.05, 0.1) is 29.5 Å². The van der Waals surface area contributed by atoms with Crippen LogP contribution in [0.5, 0.6) is 5.88 Å². The molecular weight excluding hydrogens is 651 g/mol. The number of aromatic nitrogens is 3. The predicted octanol–water partition coefficient (Wildman–Crippen LogP) is 5.83. The maximum absolute atomic E-state index is 14.2. The van der Waals surface area contributed by atoms with Gasteiger partial charge < -0.3 is 15.0 Å². The van der Waals surface area contributed by atoms with Gasteiger partial charge in [0, 0.05) is 53.6 Å². The number of hydrogen-bond acceptors (Lipinski definition) is 8. The van der Waals surface area contributed by atoms with Crippen molar-refractivity contribution >= 4 is 44.3 Å². The smallest absolute Gasteiger partial charge is 0.353 e. The topological polar surface area (TPSA) is 136 Å². The highest BCUT2D eigenvalue weighted by atomic mass is 32.2. The van der Waals surface area contributed by atoms with E-state index in [9.17, 15) is 22.4 Å². The third-order valence-corrected chi connectivity index (χ3v) is 10.2. The van der Waals surface area contributed by atoms with Crippen molar-refractivity contribution in [2.24, 2.45) is 5.41 Å². The Balaban J connectivity index is 1.16. The molecular formula is C35H39FN6O6S. The van der Waals surface area contributed by atoms with E-state index in [1.165, 1.54) is 16.9 Å². The lowest BCUT2D eigenvalue weighted by atomic mass is 10.0. The number of anilines is 2. The molecule has 258 valence electrons. The highest BCUT2D eigenvalue weighted by molar-refractivity contribution is 7.86. The first-order chi connectivity index (χ1) is 23.4. The van der Waals surface area contributed by atoms with Crippen LogP contribution in [0.25, 0.3) is 16.5 Å². The number of amides is 3. The Morgan fingerprint density at radius 2 is 1.71 bits per heavy atom. The van der Waals surface area contributed by atoms with Crippen molar-refractivity contribution in [2.75, 3.05) is 36.4 Å². The molecule has 1 saturated heterocycles. The van der Waals surface area contributed by atoms with Gasteiger partial charge in [-0.2, -0.15) is 13.5 Å². The second-order valence-corrected chi connectivity index (χ2v) is 15.3. The van der Waals surface area contributed by atoms with Gasteiger partial charge in [0.1, 0.15) is 12.8 Å². The summed E-state index contributed by atoms with van der Waals surface area (Å²) in [4.78, 5) is 33.3. The molecule has 3 heterocycles. The summed E-state index contributed by atoms with van der Waals surface area (Å²) < 4.78 is 52.2. The molecule has 2 saturated carbocycles. The molecule has 0 spiro atoms. The highest BCUT2D eigenvalue weighted by Gasteiger charge is 2.48. The van der Waals surface area contributed by atoms with E-state index in [2.05, 4.69) is 15.4 Å². The number of nitrogens with one attached hydrogen (secondary N) is 1. The molecule has 2 aliphatic carbocycles. The van der Waals surface area contributed by atoms with Crippen LogP contribution in [0, 0.1) is 12.3 Å². The van der Waals surface area contributed by atoms with Crippen LogP contribution in [0.3, 0.4) is 0 Å². The largest absolute Gasteiger partial charge is 0.474 e. The van der Waals surface area contributed by atoms with E-state index in [-0.39, 0.29) is 28.9 Å². The first-order valence-corrected chi connectivity index (χ1v) is 18.3. The number of carbonyl (C=O) groups is 2. The Morgan fingerprint density at radius 3 is 2.33 bits per heavy atom. The number of nitrogens with zero attached hydrogens (tertiary/aromatic N) is 5. The molecule has 2 aromatic carbocycles. The summed E-state index contributed by atoms with van der Waals surface area (Å²) >= 11 is 0. The normalized spacial score (nSPS) is 18.2. The van der Waals surface area contributed by atoms with Crippen LogP contribution in [0.1, 0.15) is 56.7 Å². The summed E-state index contributed by atoms with van der Waals surface area (Å²) in [7, 11) is -4.22. The van der Waals surface area contributed by atoms with Crippen molar-refractivity contribution in [2.45, 2.75) is 63.9 Å². The number of hydrogen-bond donors (Lipinski definition) is 1. The van der Waals surface area contributed by atoms with Crippen LogP contribution in [-0.4, -0.2) is 72.1 Å². The van der Waals surface area contributed by atoms with Crippen LogP contribution in [0.2, 0.25) is 0 Å². The van der Waals surface area contributed by atoms with Gasteiger partial charge in [-0.25, -0.2) is 14.5 Å². The Labute approximate surface area is 284 Å². The average Bonchev–Trinajstić information content (AvgIpc) is 4.01. The lowest BCUT2D eigenvalue weighted by Crippen LogP contribution is -2.44. The quantitative estimate of drug-likeness (QED) is 0.206. The molecule has 3 aliphatic rings. The SMILES string of the molecule is Cc1ccc(-n2nc(C3(CF)CC3)cc2N(OS(C)(=O)=O)C(=O)Nc2cnc(OC3CCN(C(=O)C4(C)CC4)CC3)c3ccccc23)cc1. The molecule has 2 aromatic heterocycles. The fourth-order valence-corrected chi connectivity index (χ4v) is 6.63. The van der Waals surface area contributed by atoms with Gasteiger partial charge in [-0.1, -0.05) is 42.8 Å². The van der Waals surface area contributed by atoms with Crippen LogP contribution in [-0.2, 0) is 24.6 Å². The molecule has 0 radical (unpaired) electrons. The maximum atomic E-state index is 14.2. The zero-order valence-electron chi connectivity index (χ0n) is 27.7. The number of ether oxygens (including phenoxy) is 1. The number of alkyl halides is 1. The van der Waals surface area contributed by atoms with Crippen LogP contribution in [0.4, 0.5) is 20.7 Å². The fraction of sp³-hybridized carbons (Fsp3) is 0.429. The van der Waals surface area contributed by atoms with Crippen LogP contribution >= 0.6 is 0 Å². The monoisotopic (exact) mass is 690 g/mol. The summed E-state index contributed by atoms with van der Waals surface area (Å²) in [6.07, 6.45) is 6.54. The molecule has 4 aromatic rings. The minimum Gasteiger partial charge on any atom is -0.474 e. The van der Waals surface area contributed by atoms with E-state index in [4.69, 9.17) is 9.02 Å². The highest BCUT2D eigenvalue weighted by Crippen LogP contribution is 2.49. The van der Waals surface area contributed by atoms with E-state index in [1.807, 2.05) is 43.0 Å². The van der Waals surface area contributed by atoms with Gasteiger partial charge in [0.25, 0.3) is 10.1 Å². The number of rotatable bonds is 10. The number of benzene rings is 2. The van der Waals surface area contributed by atoms with Gasteiger partial charge in [-0.3, -0.25) is 9.18 Å². The van der Waals surface area contributed by atoms with Crippen molar-refractivity contribution in [1.82, 2.24) is 19.7 Å². The second-order valence-electron chi connectivity index (χ2n) is 13.7. The van der Waals surface area contributed by atoms with Crippen molar-refractivity contribution in [1.29, 1.82) is 0 Å². The van der Waals surface area contributed by atoms with Crippen LogP contribution in [0.15, 0.2) is 60.8 Å². The van der Waals surface area contributed by atoms with Gasteiger partial charge in [0.2, 0.25) is 11.8 Å². The third-order valence-electron chi connectivity index (χ3n) is 9.75. The van der Waals surface area contributed by atoms with E-state index in [1.54, 1.807) is 24.3 Å². The Bertz CT molecular complexity index is 2020. The molecule has 0 unspecified atom stereocenters. The summed E-state index contributed by atoms with van der Waals surface area (Å²) in [5.41, 5.74) is 1.20. The minimum absolute atomic E-state index is 0.0146. The number of hydroxylamine groups is 1. The number of urea groups is 1. The molecule has 49 heavy (non-hydrogen) atoms. The molecule has 7 rings (SSSR count). The molecule has 14 heteroatoms. The molecule has 3 fully saturated rings. The number of piperidine rings is 1. The lowest BCUT2D eigenvalue weighted by molar-refractivity contribution is -0.138. The number of fused-ring (bicyclic) bond motifs is 1. The minimum atomic E-state index is -4.22. The average molecular weight is 691 g/mol. The van der Waals surface area contributed by atoms with E-state index < -0.39 is 28.2 Å². The van der Waals surface area contributed by atoms with Gasteiger partial charge >= 0.3 is 6.03 Å². The standard InChI is InChI=1S/C35H39FN6O6S/c1-23-8-10-24(11-9-23)41-30(20-29(39-41)35(22-36)16-17-35)42(48-49(3,45)46)33(44)38-28-21-37-31(27-7-5-4-6-26(27)28)47-25-12-18-40(19-13-25)32(43)34(2)14-15-34/h4-11,20-21,25H,12-19,22H2,1-3H3,(H,38,44). The predicted molar refractivity (Wildman–Crippen MR) is 182 cm³/mol. The number of carbonyl (C=O) groups excluding carboxylic acids is 2. The maximum Gasteiger partial charge on any atom is 0.353 e. The van der Waals surface area contributed by atoms with Crippen molar-refractivity contribution in [3.63, 3.8) is 0 Å². The lowest BCUT2D eigenvalue weighted by Gasteiger charge is -2.33. The van der Waals surface area contributed by atoms with E-state index in [0.717, 1.165) is 24.7 Å². The Morgan fingerprint density at radius 1 is 1.04 bits per heavy atom. The fourth-order valence-electron chi connectivity index (χ4n) is 6.22. The van der Waals surface area contributed by atoms with Gasteiger partial charge in [-0.05, 0) is 50.8 Å². The number of likely N-dealkylation sites (tertiary alicyclic amines) is 1. The zero-order valence-corrected chi connectivity index (χ0v) is 28.5. The van der Waals surface area contributed by atoms with Crippen molar-refractivity contribution in [3.05, 3.63) is 72.1 Å². The number of aryl methyl sites for hydroxylation is 1. The summed E-state index contributed by atoms with van der Waals surface area (Å²) in [5, 5.41) is 9.27. The first kappa shape index (κ1) is 33.0. The summed E-state index contributed by atoms with van der Waals surface area (Å²) in [5.74, 6) is 0.593. The van der Waals surface area contributed by atoms with Crippen LogP contribution < -0.4 is 15.1 Å². The molecule has 1 N–H and O–H groups in total. The van der Waals surface area contributed by atoms with Crippen molar-refractivity contribution in [3.8, 4) is 11.6 Å². The van der Waals surface area contributed by atoms with Crippen molar-refractivity contribution < 1.29 is 31.4 Å². The molecule has 3 amide bonds. The summed E-state index contributed by atoms with van der Waals surface area (Å²) in [6, 6.07) is 15.1. The number of halogens is 1. The summed E-state index contributed by atoms with van der Waals surface area (Å²) in [6.45, 7) is 4.54. The third kappa shape index (κ3) is 6.71. The molecule has 1 aliphatic heterocycles. The molecule has 0 atom stereocenters. The Kier molecular flexibility index (Phi) is 8.34. The molecule has 12 nitrogen and oxygen atoms in total. The molecule has 0 bridgehead atoms. The van der Waals surface area contributed by atoms with Gasteiger partial charge in [0.15, 0.2) is 5.82 Å². The van der Waals surface area contributed by atoms with E-state index >= 15 is 0 Å². The van der Waals surface area contributed by atoms with Gasteiger partial charge in [-0.15, -0.1) is 9.35 Å². The van der Waals surface area contributed by atoms with E-state index in [0.29, 0.717) is 71.9 Å². The Hall–Kier alpha value is -4.56. The number of pyridine rings is 1.